The van der Waals surface area contributed by atoms with Crippen molar-refractivity contribution in [2.75, 3.05) is 24.6 Å². The number of amides is 1. The highest BCUT2D eigenvalue weighted by Crippen LogP contribution is 2.21. The van der Waals surface area contributed by atoms with Crippen LogP contribution in [-0.2, 0) is 21.0 Å². The summed E-state index contributed by atoms with van der Waals surface area (Å²) in [7, 11) is -3.07. The van der Waals surface area contributed by atoms with E-state index in [-0.39, 0.29) is 23.5 Å². The molecule has 1 aromatic rings. The van der Waals surface area contributed by atoms with Crippen LogP contribution < -0.4 is 0 Å². The lowest BCUT2D eigenvalue weighted by Crippen LogP contribution is -2.42. The summed E-state index contributed by atoms with van der Waals surface area (Å²) in [4.78, 5) is 17.7. The van der Waals surface area contributed by atoms with E-state index in [1.807, 2.05) is 32.9 Å². The molecule has 0 spiro atoms. The van der Waals surface area contributed by atoms with Gasteiger partial charge in [-0.25, -0.2) is 13.2 Å². The van der Waals surface area contributed by atoms with Crippen molar-refractivity contribution in [3.05, 3.63) is 30.1 Å². The molecule has 0 saturated carbocycles. The van der Waals surface area contributed by atoms with Gasteiger partial charge in [-0.2, -0.15) is 0 Å². The van der Waals surface area contributed by atoms with Crippen LogP contribution in [0.5, 0.6) is 0 Å². The van der Waals surface area contributed by atoms with Gasteiger partial charge < -0.3 is 9.64 Å². The van der Waals surface area contributed by atoms with Crippen molar-refractivity contribution in [3.8, 4) is 0 Å². The van der Waals surface area contributed by atoms with Gasteiger partial charge >= 0.3 is 6.09 Å². The molecule has 0 aliphatic carbocycles. The number of carbonyl (C=O) groups is 1. The molecule has 0 N–H and O–H groups in total. The number of likely N-dealkylation sites (tertiary alicyclic amines) is 1. The summed E-state index contributed by atoms with van der Waals surface area (Å²) >= 11 is 0. The Morgan fingerprint density at radius 2 is 1.85 bits per heavy atom. The molecule has 1 aromatic heterocycles. The predicted molar refractivity (Wildman–Crippen MR) is 102 cm³/mol. The Kier molecular flexibility index (Phi) is 7.03. The second-order valence-corrected chi connectivity index (χ2v) is 10.2. The number of rotatable bonds is 6. The Morgan fingerprint density at radius 3 is 2.42 bits per heavy atom. The second kappa shape index (κ2) is 8.84. The first-order chi connectivity index (χ1) is 12.1. The fraction of sp³-hybridized carbons (Fsp3) is 0.684. The molecule has 0 unspecified atom stereocenters. The maximum atomic E-state index is 12.4. The number of nitrogens with zero attached hydrogens (tertiary/aromatic N) is 2. The van der Waals surface area contributed by atoms with E-state index in [2.05, 4.69) is 4.98 Å². The second-order valence-electron chi connectivity index (χ2n) is 7.98. The molecule has 1 fully saturated rings. The molecule has 2 heterocycles. The minimum Gasteiger partial charge on any atom is -0.444 e. The molecule has 1 saturated heterocycles. The number of aromatic nitrogens is 1. The number of hydrogen-bond acceptors (Lipinski definition) is 5. The Balaban J connectivity index is 1.73. The number of piperidine rings is 1. The van der Waals surface area contributed by atoms with E-state index in [0.717, 1.165) is 12.0 Å². The van der Waals surface area contributed by atoms with Gasteiger partial charge in [0.15, 0.2) is 9.84 Å². The van der Waals surface area contributed by atoms with Gasteiger partial charge in [0, 0.05) is 25.5 Å². The zero-order chi connectivity index (χ0) is 19.2. The van der Waals surface area contributed by atoms with Gasteiger partial charge in [0.05, 0.1) is 11.5 Å². The molecule has 7 heteroatoms. The first-order valence-corrected chi connectivity index (χ1v) is 11.0. The molecular weight excluding hydrogens is 352 g/mol. The number of ether oxygens (including phenoxy) is 1. The zero-order valence-corrected chi connectivity index (χ0v) is 16.8. The maximum absolute atomic E-state index is 12.4. The highest BCUT2D eigenvalue weighted by molar-refractivity contribution is 7.91. The average Bonchev–Trinajstić information content (AvgIpc) is 2.54. The van der Waals surface area contributed by atoms with Crippen LogP contribution >= 0.6 is 0 Å². The normalized spacial score (nSPS) is 16.5. The van der Waals surface area contributed by atoms with Crippen molar-refractivity contribution >= 4 is 15.9 Å². The van der Waals surface area contributed by atoms with Gasteiger partial charge in [-0.15, -0.1) is 0 Å². The van der Waals surface area contributed by atoms with E-state index in [1.54, 1.807) is 17.3 Å². The molecule has 6 nitrogen and oxygen atoms in total. The van der Waals surface area contributed by atoms with Crippen molar-refractivity contribution in [2.24, 2.45) is 5.92 Å². The number of aryl methyl sites for hydroxylation is 1. The van der Waals surface area contributed by atoms with Crippen LogP contribution in [0.2, 0.25) is 0 Å². The third-order valence-electron chi connectivity index (χ3n) is 4.43. The van der Waals surface area contributed by atoms with Crippen molar-refractivity contribution < 1.29 is 17.9 Å². The van der Waals surface area contributed by atoms with Gasteiger partial charge in [-0.1, -0.05) is 0 Å². The maximum Gasteiger partial charge on any atom is 0.410 e. The fourth-order valence-corrected chi connectivity index (χ4v) is 4.90. The lowest BCUT2D eigenvalue weighted by Gasteiger charge is -2.33. The lowest BCUT2D eigenvalue weighted by molar-refractivity contribution is 0.0191. The first-order valence-electron chi connectivity index (χ1n) is 9.22. The highest BCUT2D eigenvalue weighted by atomic mass is 32.2. The molecule has 1 aliphatic heterocycles. The summed E-state index contributed by atoms with van der Waals surface area (Å²) in [5.41, 5.74) is 0.604. The lowest BCUT2D eigenvalue weighted by atomic mass is 9.99. The molecule has 1 amide bonds. The Hall–Kier alpha value is -1.63. The summed E-state index contributed by atoms with van der Waals surface area (Å²) in [5, 5.41) is 0. The van der Waals surface area contributed by atoms with E-state index in [0.29, 0.717) is 32.4 Å². The number of hydrogen-bond donors (Lipinski definition) is 0. The summed E-state index contributed by atoms with van der Waals surface area (Å²) in [5.74, 6) is 0.548. The van der Waals surface area contributed by atoms with Crippen molar-refractivity contribution in [2.45, 2.75) is 52.1 Å². The zero-order valence-electron chi connectivity index (χ0n) is 16.0. The van der Waals surface area contributed by atoms with Crippen LogP contribution in [0, 0.1) is 5.92 Å². The van der Waals surface area contributed by atoms with Gasteiger partial charge in [0.2, 0.25) is 0 Å². The van der Waals surface area contributed by atoms with Gasteiger partial charge in [0.1, 0.15) is 5.60 Å². The predicted octanol–water partition coefficient (Wildman–Crippen LogP) is 3.08. The van der Waals surface area contributed by atoms with E-state index < -0.39 is 15.4 Å². The standard InChI is InChI=1S/C19H30N2O4S/c1-19(2,3)25-18(22)21-12-8-17(9-13-21)15-26(23,24)14-4-5-16-6-10-20-11-7-16/h6-7,10-11,17H,4-5,8-9,12-15H2,1-3H3. The molecular formula is C19H30N2O4S. The molecule has 0 radical (unpaired) electrons. The quantitative estimate of drug-likeness (QED) is 0.756. The van der Waals surface area contributed by atoms with E-state index in [9.17, 15) is 13.2 Å². The van der Waals surface area contributed by atoms with Crippen LogP contribution in [-0.4, -0.2) is 54.6 Å². The summed E-state index contributed by atoms with van der Waals surface area (Å²) in [6, 6.07) is 3.83. The molecule has 0 atom stereocenters. The number of sulfone groups is 1. The van der Waals surface area contributed by atoms with E-state index >= 15 is 0 Å². The molecule has 0 aromatic carbocycles. The van der Waals surface area contributed by atoms with Crippen molar-refractivity contribution in [1.82, 2.24) is 9.88 Å². The Labute approximate surface area is 156 Å². The molecule has 1 aliphatic rings. The van der Waals surface area contributed by atoms with Crippen LogP contribution in [0.3, 0.4) is 0 Å². The third-order valence-corrected chi connectivity index (χ3v) is 6.32. The van der Waals surface area contributed by atoms with Crippen molar-refractivity contribution in [3.63, 3.8) is 0 Å². The monoisotopic (exact) mass is 382 g/mol. The largest absolute Gasteiger partial charge is 0.444 e. The number of pyridine rings is 1. The molecule has 0 bridgehead atoms. The first kappa shape index (κ1) is 20.7. The van der Waals surface area contributed by atoms with Gasteiger partial charge in [-0.05, 0) is 70.1 Å². The molecule has 26 heavy (non-hydrogen) atoms. The minimum absolute atomic E-state index is 0.125. The van der Waals surface area contributed by atoms with Gasteiger partial charge in [-0.3, -0.25) is 4.98 Å². The van der Waals surface area contributed by atoms with Crippen molar-refractivity contribution in [1.29, 1.82) is 0 Å². The van der Waals surface area contributed by atoms with Gasteiger partial charge in [0.25, 0.3) is 0 Å². The SMILES string of the molecule is CC(C)(C)OC(=O)N1CCC(CS(=O)(=O)CCCc2ccncc2)CC1. The topological polar surface area (TPSA) is 76.6 Å². The summed E-state index contributed by atoms with van der Waals surface area (Å²) < 4.78 is 30.1. The highest BCUT2D eigenvalue weighted by Gasteiger charge is 2.29. The van der Waals surface area contributed by atoms with Crippen LogP contribution in [0.1, 0.15) is 45.6 Å². The smallest absolute Gasteiger partial charge is 0.410 e. The Bertz CT molecular complexity index is 675. The van der Waals surface area contributed by atoms with E-state index in [4.69, 9.17) is 4.74 Å². The number of carbonyl (C=O) groups excluding carboxylic acids is 1. The minimum atomic E-state index is -3.07. The fourth-order valence-electron chi connectivity index (χ4n) is 3.10. The molecule has 146 valence electrons. The average molecular weight is 383 g/mol. The molecule has 2 rings (SSSR count). The summed E-state index contributed by atoms with van der Waals surface area (Å²) in [6.45, 7) is 6.65. The third kappa shape index (κ3) is 7.32. The van der Waals surface area contributed by atoms with Crippen LogP contribution in [0.15, 0.2) is 24.5 Å². The Morgan fingerprint density at radius 1 is 1.23 bits per heavy atom. The summed E-state index contributed by atoms with van der Waals surface area (Å²) in [6.07, 6.45) is 5.94. The van der Waals surface area contributed by atoms with E-state index in [1.165, 1.54) is 0 Å². The van der Waals surface area contributed by atoms with Crippen LogP contribution in [0.4, 0.5) is 4.79 Å². The van der Waals surface area contributed by atoms with Crippen LogP contribution in [0.25, 0.3) is 0 Å².